The molecule has 0 saturated carbocycles. The van der Waals surface area contributed by atoms with E-state index >= 15 is 0 Å². The van der Waals surface area contributed by atoms with Gasteiger partial charge in [-0.2, -0.15) is 0 Å². The fraction of sp³-hybridized carbons (Fsp3) is 0.500. The van der Waals surface area contributed by atoms with Crippen molar-refractivity contribution < 1.29 is 4.79 Å². The molecule has 0 aromatic heterocycles. The van der Waals surface area contributed by atoms with Crippen molar-refractivity contribution in [1.29, 1.82) is 0 Å². The van der Waals surface area contributed by atoms with Crippen LogP contribution in [0.15, 0.2) is 24.3 Å². The number of carbonyl (C=O) groups excluding carboxylic acids is 1. The van der Waals surface area contributed by atoms with Crippen LogP contribution >= 0.6 is 0 Å². The lowest BCUT2D eigenvalue weighted by molar-refractivity contribution is -0.122. The van der Waals surface area contributed by atoms with Crippen LogP contribution in [0, 0.1) is 5.92 Å². The summed E-state index contributed by atoms with van der Waals surface area (Å²) in [5.74, 6) is -0.140. The molecule has 1 aliphatic rings. The topological polar surface area (TPSA) is 72.3 Å². The minimum atomic E-state index is -0.171. The van der Waals surface area contributed by atoms with Gasteiger partial charge >= 0.3 is 0 Å². The molecule has 98 valence electrons. The predicted octanol–water partition coefficient (Wildman–Crippen LogP) is 1.41. The van der Waals surface area contributed by atoms with Crippen LogP contribution in [-0.4, -0.2) is 19.0 Å². The zero-order valence-corrected chi connectivity index (χ0v) is 10.8. The first-order valence-corrected chi connectivity index (χ1v) is 6.48. The predicted molar refractivity (Wildman–Crippen MR) is 73.2 cm³/mol. The number of para-hydroxylation sites is 1. The van der Waals surface area contributed by atoms with Crippen molar-refractivity contribution in [3.05, 3.63) is 29.8 Å². The first-order chi connectivity index (χ1) is 8.59. The lowest BCUT2D eigenvalue weighted by Crippen LogP contribution is -2.39. The van der Waals surface area contributed by atoms with Crippen LogP contribution in [0.2, 0.25) is 0 Å². The second-order valence-electron chi connectivity index (χ2n) is 5.01. The Morgan fingerprint density at radius 3 is 2.50 bits per heavy atom. The molecule has 0 bridgehead atoms. The fourth-order valence-electron chi connectivity index (χ4n) is 2.57. The maximum atomic E-state index is 11.2. The van der Waals surface area contributed by atoms with E-state index in [1.807, 2.05) is 19.1 Å². The molecule has 0 aliphatic carbocycles. The van der Waals surface area contributed by atoms with Crippen molar-refractivity contribution in [2.45, 2.75) is 25.8 Å². The van der Waals surface area contributed by atoms with Gasteiger partial charge in [-0.25, -0.2) is 0 Å². The molecule has 1 atom stereocenters. The minimum Gasteiger partial charge on any atom is -0.371 e. The van der Waals surface area contributed by atoms with Gasteiger partial charge in [0.1, 0.15) is 0 Å². The molecule has 1 aromatic rings. The summed E-state index contributed by atoms with van der Waals surface area (Å²) in [6.45, 7) is 3.74. The van der Waals surface area contributed by atoms with E-state index in [-0.39, 0.29) is 17.9 Å². The summed E-state index contributed by atoms with van der Waals surface area (Å²) in [5.41, 5.74) is 13.7. The third-order valence-corrected chi connectivity index (χ3v) is 3.67. The van der Waals surface area contributed by atoms with Crippen LogP contribution in [-0.2, 0) is 4.79 Å². The molecule has 1 fully saturated rings. The van der Waals surface area contributed by atoms with Crippen LogP contribution in [0.3, 0.4) is 0 Å². The molecule has 1 aliphatic heterocycles. The summed E-state index contributed by atoms with van der Waals surface area (Å²) in [7, 11) is 0. The van der Waals surface area contributed by atoms with Crippen LogP contribution in [0.5, 0.6) is 0 Å². The smallest absolute Gasteiger partial charge is 0.220 e. The molecule has 2 rings (SSSR count). The molecule has 1 saturated heterocycles. The third kappa shape index (κ3) is 2.64. The van der Waals surface area contributed by atoms with E-state index in [0.717, 1.165) is 31.5 Å². The van der Waals surface area contributed by atoms with E-state index in [9.17, 15) is 4.79 Å². The van der Waals surface area contributed by atoms with E-state index in [1.165, 1.54) is 5.69 Å². The fourth-order valence-corrected chi connectivity index (χ4v) is 2.57. The van der Waals surface area contributed by atoms with Crippen molar-refractivity contribution >= 4 is 11.6 Å². The molecule has 4 nitrogen and oxygen atoms in total. The average molecular weight is 247 g/mol. The second-order valence-corrected chi connectivity index (χ2v) is 5.01. The molecule has 18 heavy (non-hydrogen) atoms. The second kappa shape index (κ2) is 5.40. The Morgan fingerprint density at radius 1 is 1.33 bits per heavy atom. The van der Waals surface area contributed by atoms with Crippen LogP contribution < -0.4 is 16.4 Å². The van der Waals surface area contributed by atoms with Gasteiger partial charge in [0.25, 0.3) is 0 Å². The summed E-state index contributed by atoms with van der Waals surface area (Å²) >= 11 is 0. The lowest BCUT2D eigenvalue weighted by atomic mass is 9.95. The highest BCUT2D eigenvalue weighted by Crippen LogP contribution is 2.28. The number of amides is 1. The maximum absolute atomic E-state index is 11.2. The lowest BCUT2D eigenvalue weighted by Gasteiger charge is -2.34. The van der Waals surface area contributed by atoms with Crippen molar-refractivity contribution in [3.63, 3.8) is 0 Å². The van der Waals surface area contributed by atoms with E-state index in [1.54, 1.807) is 0 Å². The monoisotopic (exact) mass is 247 g/mol. The van der Waals surface area contributed by atoms with E-state index < -0.39 is 0 Å². The number of hydrogen-bond acceptors (Lipinski definition) is 3. The third-order valence-electron chi connectivity index (χ3n) is 3.67. The summed E-state index contributed by atoms with van der Waals surface area (Å²) in [6.07, 6.45) is 1.67. The number of piperidine rings is 1. The number of primary amides is 1. The summed E-state index contributed by atoms with van der Waals surface area (Å²) in [5, 5.41) is 0. The zero-order valence-electron chi connectivity index (χ0n) is 10.8. The highest BCUT2D eigenvalue weighted by atomic mass is 16.1. The van der Waals surface area contributed by atoms with Gasteiger partial charge in [0.2, 0.25) is 5.91 Å². The molecule has 4 heteroatoms. The number of nitrogens with zero attached hydrogens (tertiary/aromatic N) is 1. The Bertz CT molecular complexity index is 423. The molecule has 1 heterocycles. The Kier molecular flexibility index (Phi) is 3.87. The van der Waals surface area contributed by atoms with Gasteiger partial charge in [-0.15, -0.1) is 0 Å². The largest absolute Gasteiger partial charge is 0.371 e. The minimum absolute atomic E-state index is 0.0232. The first-order valence-electron chi connectivity index (χ1n) is 6.48. The van der Waals surface area contributed by atoms with Gasteiger partial charge in [-0.3, -0.25) is 4.79 Å². The highest BCUT2D eigenvalue weighted by molar-refractivity contribution is 5.77. The molecular weight excluding hydrogens is 226 g/mol. The standard InChI is InChI=1S/C14H21N3O/c1-10(15)12-4-2-3-5-13(12)17-8-6-11(7-9-17)14(16)18/h2-5,10-11H,6-9,15H2,1H3,(H2,16,18)/t10-/m1/s1. The van der Waals surface area contributed by atoms with Gasteiger partial charge in [0.05, 0.1) is 0 Å². The quantitative estimate of drug-likeness (QED) is 0.848. The molecular formula is C14H21N3O. The van der Waals surface area contributed by atoms with Gasteiger partial charge in [-0.05, 0) is 31.4 Å². The number of rotatable bonds is 3. The molecule has 0 unspecified atom stereocenters. The van der Waals surface area contributed by atoms with Gasteiger partial charge in [0.15, 0.2) is 0 Å². The SMILES string of the molecule is C[C@@H](N)c1ccccc1N1CCC(C(N)=O)CC1. The normalized spacial score (nSPS) is 18.7. The number of nitrogens with two attached hydrogens (primary N) is 2. The first kappa shape index (κ1) is 12.9. The van der Waals surface area contributed by atoms with E-state index in [4.69, 9.17) is 11.5 Å². The molecule has 0 spiro atoms. The van der Waals surface area contributed by atoms with E-state index in [0.29, 0.717) is 0 Å². The maximum Gasteiger partial charge on any atom is 0.220 e. The molecule has 1 amide bonds. The van der Waals surface area contributed by atoms with Crippen LogP contribution in [0.4, 0.5) is 5.69 Å². The Hall–Kier alpha value is -1.55. The van der Waals surface area contributed by atoms with Crippen molar-refractivity contribution in [2.24, 2.45) is 17.4 Å². The van der Waals surface area contributed by atoms with Crippen molar-refractivity contribution in [2.75, 3.05) is 18.0 Å². The van der Waals surface area contributed by atoms with Gasteiger partial charge < -0.3 is 16.4 Å². The van der Waals surface area contributed by atoms with Gasteiger partial charge in [-0.1, -0.05) is 18.2 Å². The van der Waals surface area contributed by atoms with Crippen molar-refractivity contribution in [1.82, 2.24) is 0 Å². The van der Waals surface area contributed by atoms with Gasteiger partial charge in [0, 0.05) is 30.7 Å². The van der Waals surface area contributed by atoms with Crippen LogP contribution in [0.1, 0.15) is 31.4 Å². The summed E-state index contributed by atoms with van der Waals surface area (Å²) in [6, 6.07) is 8.23. The number of hydrogen-bond donors (Lipinski definition) is 2. The molecule has 0 radical (unpaired) electrons. The highest BCUT2D eigenvalue weighted by Gasteiger charge is 2.24. The molecule has 4 N–H and O–H groups in total. The summed E-state index contributed by atoms with van der Waals surface area (Å²) in [4.78, 5) is 13.5. The van der Waals surface area contributed by atoms with Crippen LogP contribution in [0.25, 0.3) is 0 Å². The number of anilines is 1. The Balaban J connectivity index is 2.12. The number of benzene rings is 1. The summed E-state index contributed by atoms with van der Waals surface area (Å²) < 4.78 is 0. The van der Waals surface area contributed by atoms with E-state index in [2.05, 4.69) is 17.0 Å². The van der Waals surface area contributed by atoms with Crippen molar-refractivity contribution in [3.8, 4) is 0 Å². The Labute approximate surface area is 108 Å². The zero-order chi connectivity index (χ0) is 13.1. The Morgan fingerprint density at radius 2 is 1.94 bits per heavy atom. The number of carbonyl (C=O) groups is 1. The molecule has 1 aromatic carbocycles. The average Bonchev–Trinajstić information content (AvgIpc) is 2.39.